The summed E-state index contributed by atoms with van der Waals surface area (Å²) in [6.07, 6.45) is 0. The fourth-order valence-corrected chi connectivity index (χ4v) is 2.29. The quantitative estimate of drug-likeness (QED) is 0.602. The molecule has 0 atom stereocenters. The fourth-order valence-electron chi connectivity index (χ4n) is 1.11. The summed E-state index contributed by atoms with van der Waals surface area (Å²) in [5.41, 5.74) is 0. The smallest absolute Gasteiger partial charge is 0.192 e. The molecule has 0 aliphatic heterocycles. The molecule has 2 nitrogen and oxygen atoms in total. The van der Waals surface area contributed by atoms with Gasteiger partial charge >= 0.3 is 0 Å². The first-order valence-electron chi connectivity index (χ1n) is 6.12. The van der Waals surface area contributed by atoms with Crippen LogP contribution in [0.4, 0.5) is 0 Å². The van der Waals surface area contributed by atoms with Gasteiger partial charge in [-0.05, 0) is 42.5 Å². The van der Waals surface area contributed by atoms with Gasteiger partial charge in [-0.15, -0.1) is 0 Å². The number of para-hydroxylation sites is 1. The van der Waals surface area contributed by atoms with E-state index in [0.717, 1.165) is 5.75 Å². The van der Waals surface area contributed by atoms with Crippen LogP contribution in [0, 0.1) is 0 Å². The van der Waals surface area contributed by atoms with Crippen LogP contribution in [0.3, 0.4) is 0 Å². The Labute approximate surface area is 116 Å². The second-order valence-corrected chi connectivity index (χ2v) is 11.1. The highest BCUT2D eigenvalue weighted by atomic mass is 32.1. The van der Waals surface area contributed by atoms with Gasteiger partial charge in [-0.2, -0.15) is 0 Å². The lowest BCUT2D eigenvalue weighted by Gasteiger charge is -2.36. The minimum Gasteiger partial charge on any atom is -0.448 e. The molecule has 0 aliphatic carbocycles. The van der Waals surface area contributed by atoms with Crippen LogP contribution >= 0.6 is 12.2 Å². The largest absolute Gasteiger partial charge is 0.448 e. The molecular weight excluding hydrogens is 260 g/mol. The van der Waals surface area contributed by atoms with E-state index in [1.165, 1.54) is 0 Å². The van der Waals surface area contributed by atoms with Gasteiger partial charge in [0.15, 0.2) is 13.4 Å². The van der Waals surface area contributed by atoms with Gasteiger partial charge in [0.1, 0.15) is 12.4 Å². The third kappa shape index (κ3) is 4.52. The van der Waals surface area contributed by atoms with Crippen LogP contribution in [0.25, 0.3) is 0 Å². The van der Waals surface area contributed by atoms with Crippen LogP contribution in [0.5, 0.6) is 5.75 Å². The molecule has 0 unspecified atom stereocenters. The summed E-state index contributed by atoms with van der Waals surface area (Å²) in [4.78, 5) is 0. The zero-order valence-corrected chi connectivity index (χ0v) is 13.6. The van der Waals surface area contributed by atoms with E-state index < -0.39 is 8.32 Å². The van der Waals surface area contributed by atoms with Gasteiger partial charge < -0.3 is 9.16 Å². The summed E-state index contributed by atoms with van der Waals surface area (Å²) in [6, 6.07) is 9.57. The van der Waals surface area contributed by atoms with Gasteiger partial charge in [-0.1, -0.05) is 39.0 Å². The summed E-state index contributed by atoms with van der Waals surface area (Å²) in [5.74, 6) is 0.765. The van der Waals surface area contributed by atoms with Crippen LogP contribution in [0.2, 0.25) is 18.1 Å². The molecule has 0 aliphatic rings. The van der Waals surface area contributed by atoms with Crippen molar-refractivity contribution in [3.8, 4) is 5.75 Å². The van der Waals surface area contributed by atoms with Gasteiger partial charge in [0.25, 0.3) is 0 Å². The summed E-state index contributed by atoms with van der Waals surface area (Å²) in [5, 5.41) is 0.682. The first-order valence-corrected chi connectivity index (χ1v) is 9.44. The normalized spacial score (nSPS) is 12.3. The van der Waals surface area contributed by atoms with Crippen LogP contribution in [0.1, 0.15) is 20.8 Å². The second-order valence-electron chi connectivity index (χ2n) is 5.84. The van der Waals surface area contributed by atoms with Crippen molar-refractivity contribution in [1.82, 2.24) is 0 Å². The van der Waals surface area contributed by atoms with Crippen molar-refractivity contribution in [2.75, 3.05) is 6.61 Å². The van der Waals surface area contributed by atoms with Crippen LogP contribution in [-0.2, 0) is 4.43 Å². The Morgan fingerprint density at radius 2 is 1.72 bits per heavy atom. The average molecular weight is 282 g/mol. The number of thiocarbonyl (C=S) groups is 1. The molecule has 0 heterocycles. The fraction of sp³-hybridized carbons (Fsp3) is 0.500. The van der Waals surface area contributed by atoms with Gasteiger partial charge in [-0.3, -0.25) is 0 Å². The maximum Gasteiger partial charge on any atom is 0.192 e. The molecule has 18 heavy (non-hydrogen) atoms. The predicted molar refractivity (Wildman–Crippen MR) is 82.8 cm³/mol. The molecule has 0 fully saturated rings. The van der Waals surface area contributed by atoms with Crippen LogP contribution < -0.4 is 4.74 Å². The van der Waals surface area contributed by atoms with E-state index in [1.807, 2.05) is 30.3 Å². The zero-order valence-electron chi connectivity index (χ0n) is 11.8. The Balaban J connectivity index is 2.48. The van der Waals surface area contributed by atoms with Crippen molar-refractivity contribution in [1.29, 1.82) is 0 Å². The first-order chi connectivity index (χ1) is 8.22. The molecular formula is C14H22O2SSi. The van der Waals surface area contributed by atoms with Crippen molar-refractivity contribution in [3.05, 3.63) is 30.3 Å². The maximum absolute atomic E-state index is 6.00. The number of benzene rings is 1. The Morgan fingerprint density at radius 3 is 2.22 bits per heavy atom. The molecule has 0 radical (unpaired) electrons. The molecule has 4 heteroatoms. The SMILES string of the molecule is CC(C)(C)[Si](C)(C)OCC(=S)Oc1ccccc1. The van der Waals surface area contributed by atoms with Crippen molar-refractivity contribution in [2.45, 2.75) is 38.9 Å². The van der Waals surface area contributed by atoms with E-state index in [-0.39, 0.29) is 5.04 Å². The van der Waals surface area contributed by atoms with E-state index in [0.29, 0.717) is 11.7 Å². The third-order valence-corrected chi connectivity index (χ3v) is 8.01. The molecule has 0 aromatic heterocycles. The van der Waals surface area contributed by atoms with Crippen molar-refractivity contribution in [2.24, 2.45) is 0 Å². The number of rotatable bonds is 4. The van der Waals surface area contributed by atoms with E-state index in [1.54, 1.807) is 0 Å². The van der Waals surface area contributed by atoms with Crippen LogP contribution in [0.15, 0.2) is 30.3 Å². The Morgan fingerprint density at radius 1 is 1.17 bits per heavy atom. The Kier molecular flexibility index (Phi) is 5.07. The van der Waals surface area contributed by atoms with Gasteiger partial charge in [0.05, 0.1) is 0 Å². The standard InChI is InChI=1S/C14H22O2SSi/c1-14(2,3)18(4,5)15-11-13(17)16-12-9-7-6-8-10-12/h6-10H,11H2,1-5H3. The zero-order chi connectivity index (χ0) is 13.8. The van der Waals surface area contributed by atoms with Crippen molar-refractivity contribution in [3.63, 3.8) is 0 Å². The lowest BCUT2D eigenvalue weighted by molar-refractivity contribution is 0.322. The number of hydrogen-bond acceptors (Lipinski definition) is 3. The van der Waals surface area contributed by atoms with Gasteiger partial charge in [0.2, 0.25) is 0 Å². The predicted octanol–water partition coefficient (Wildman–Crippen LogP) is 4.41. The van der Waals surface area contributed by atoms with E-state index in [4.69, 9.17) is 21.4 Å². The first kappa shape index (κ1) is 15.3. The topological polar surface area (TPSA) is 18.5 Å². The summed E-state index contributed by atoms with van der Waals surface area (Å²) < 4.78 is 11.6. The molecule has 0 saturated heterocycles. The molecule has 1 rings (SSSR count). The summed E-state index contributed by atoms with van der Waals surface area (Å²) >= 11 is 5.20. The average Bonchev–Trinajstić information content (AvgIpc) is 2.26. The number of hydrogen-bond donors (Lipinski definition) is 0. The Hall–Kier alpha value is -0.713. The lowest BCUT2D eigenvalue weighted by atomic mass is 10.2. The molecule has 0 amide bonds. The van der Waals surface area contributed by atoms with E-state index in [2.05, 4.69) is 33.9 Å². The Bertz CT molecular complexity index is 396. The van der Waals surface area contributed by atoms with E-state index in [9.17, 15) is 0 Å². The lowest BCUT2D eigenvalue weighted by Crippen LogP contribution is -2.42. The van der Waals surface area contributed by atoms with Crippen molar-refractivity contribution < 1.29 is 9.16 Å². The molecule has 100 valence electrons. The number of ether oxygens (including phenoxy) is 1. The van der Waals surface area contributed by atoms with Gasteiger partial charge in [-0.25, -0.2) is 0 Å². The van der Waals surface area contributed by atoms with Crippen LogP contribution in [-0.4, -0.2) is 20.0 Å². The molecule has 0 N–H and O–H groups in total. The highest BCUT2D eigenvalue weighted by molar-refractivity contribution is 7.80. The molecule has 0 bridgehead atoms. The van der Waals surface area contributed by atoms with Crippen molar-refractivity contribution >= 4 is 25.6 Å². The summed E-state index contributed by atoms with van der Waals surface area (Å²) in [6.45, 7) is 11.4. The molecule has 1 aromatic carbocycles. The van der Waals surface area contributed by atoms with E-state index >= 15 is 0 Å². The molecule has 0 spiro atoms. The summed E-state index contributed by atoms with van der Waals surface area (Å²) in [7, 11) is -1.75. The second kappa shape index (κ2) is 5.95. The minimum atomic E-state index is -1.75. The molecule has 1 aromatic rings. The minimum absolute atomic E-state index is 0.190. The highest BCUT2D eigenvalue weighted by Gasteiger charge is 2.37. The monoisotopic (exact) mass is 282 g/mol. The highest BCUT2D eigenvalue weighted by Crippen LogP contribution is 2.36. The third-order valence-electron chi connectivity index (χ3n) is 3.33. The maximum atomic E-state index is 6.00. The molecule has 0 saturated carbocycles. The van der Waals surface area contributed by atoms with Gasteiger partial charge in [0, 0.05) is 0 Å².